The molecule has 2 aromatic carbocycles. The third kappa shape index (κ3) is 4.56. The van der Waals surface area contributed by atoms with E-state index >= 15 is 0 Å². The fourth-order valence-electron chi connectivity index (χ4n) is 2.83. The number of benzene rings is 2. The fourth-order valence-corrected chi connectivity index (χ4v) is 5.68. The number of fused-ring (bicyclic) bond motifs is 1. The van der Waals surface area contributed by atoms with Crippen LogP contribution < -0.4 is 19.6 Å². The fraction of sp³-hybridized carbons (Fsp3) is 0.300. The Bertz CT molecular complexity index is 881. The van der Waals surface area contributed by atoms with Crippen LogP contribution in [-0.2, 0) is 4.79 Å². The van der Waals surface area contributed by atoms with Crippen LogP contribution in [0.25, 0.3) is 0 Å². The van der Waals surface area contributed by atoms with Gasteiger partial charge in [-0.2, -0.15) is 5.10 Å². The first-order valence-electron chi connectivity index (χ1n) is 8.87. The predicted molar refractivity (Wildman–Crippen MR) is 113 cm³/mol. The first-order chi connectivity index (χ1) is 13.7. The summed E-state index contributed by atoms with van der Waals surface area (Å²) in [6.45, 7) is 2.08. The minimum absolute atomic E-state index is 0.0935. The Morgan fingerprint density at radius 3 is 2.68 bits per heavy atom. The maximum Gasteiger partial charge on any atom is 0.277 e. The second kappa shape index (κ2) is 8.79. The number of hydrogen-bond donors (Lipinski definition) is 1. The molecule has 28 heavy (non-hydrogen) atoms. The van der Waals surface area contributed by atoms with Gasteiger partial charge in [-0.05, 0) is 42.3 Å². The molecule has 0 spiro atoms. The van der Waals surface area contributed by atoms with Gasteiger partial charge in [-0.25, -0.2) is 5.43 Å². The van der Waals surface area contributed by atoms with Crippen molar-refractivity contribution in [3.8, 4) is 17.2 Å². The Labute approximate surface area is 172 Å². The van der Waals surface area contributed by atoms with E-state index in [9.17, 15) is 4.79 Å². The topological polar surface area (TPSA) is 69.2 Å². The van der Waals surface area contributed by atoms with E-state index in [1.165, 1.54) is 17.1 Å². The molecular weight excluding hydrogens is 396 g/mol. The number of nitrogens with zero attached hydrogens (tertiary/aromatic N) is 1. The van der Waals surface area contributed by atoms with Gasteiger partial charge in [-0.3, -0.25) is 4.79 Å². The number of hydrazone groups is 1. The van der Waals surface area contributed by atoms with Gasteiger partial charge in [0.1, 0.15) is 5.75 Å². The number of carbonyl (C=O) groups is 1. The highest BCUT2D eigenvalue weighted by molar-refractivity contribution is 8.19. The van der Waals surface area contributed by atoms with Crippen molar-refractivity contribution in [2.45, 2.75) is 11.5 Å². The number of amides is 1. The lowest BCUT2D eigenvalue weighted by atomic mass is 10.1. The van der Waals surface area contributed by atoms with E-state index < -0.39 is 0 Å². The largest absolute Gasteiger partial charge is 0.484 e. The maximum absolute atomic E-state index is 12.0. The molecule has 0 aromatic heterocycles. The number of thioether (sulfide) groups is 2. The molecule has 8 heteroatoms. The Kier molecular flexibility index (Phi) is 5.97. The van der Waals surface area contributed by atoms with Gasteiger partial charge in [-0.15, -0.1) is 23.5 Å². The average molecular weight is 417 g/mol. The zero-order valence-corrected chi connectivity index (χ0v) is 17.0. The molecular formula is C20H20N2O4S2. The first-order valence-corrected chi connectivity index (χ1v) is 11.0. The summed E-state index contributed by atoms with van der Waals surface area (Å²) in [5.74, 6) is 4.14. The SMILES string of the molecule is Cc1cc2c(cc1/C=N\NC(=O)COc1ccc(C3SCCS3)cc1)OCO2. The second-order valence-corrected chi connectivity index (χ2v) is 9.01. The van der Waals surface area contributed by atoms with Gasteiger partial charge in [0.2, 0.25) is 6.79 Å². The number of ether oxygens (including phenoxy) is 3. The van der Waals surface area contributed by atoms with Crippen molar-refractivity contribution in [1.82, 2.24) is 5.43 Å². The summed E-state index contributed by atoms with van der Waals surface area (Å²) in [4.78, 5) is 12.0. The number of aryl methyl sites for hydroxylation is 1. The molecule has 146 valence electrons. The Hall–Kier alpha value is -2.32. The van der Waals surface area contributed by atoms with Crippen molar-refractivity contribution >= 4 is 35.6 Å². The van der Waals surface area contributed by atoms with E-state index in [0.29, 0.717) is 16.1 Å². The third-order valence-corrected chi connectivity index (χ3v) is 7.40. The molecule has 0 unspecified atom stereocenters. The van der Waals surface area contributed by atoms with Gasteiger partial charge in [0, 0.05) is 17.1 Å². The normalized spacial score (nSPS) is 15.9. The van der Waals surface area contributed by atoms with E-state index in [1.807, 2.05) is 54.7 Å². The molecule has 1 fully saturated rings. The summed E-state index contributed by atoms with van der Waals surface area (Å²) in [6, 6.07) is 11.7. The molecule has 0 radical (unpaired) electrons. The molecule has 0 aliphatic carbocycles. The van der Waals surface area contributed by atoms with Crippen LogP contribution in [-0.4, -0.2) is 37.0 Å². The van der Waals surface area contributed by atoms with Crippen molar-refractivity contribution < 1.29 is 19.0 Å². The van der Waals surface area contributed by atoms with Crippen LogP contribution in [0.1, 0.15) is 21.3 Å². The summed E-state index contributed by atoms with van der Waals surface area (Å²) < 4.78 is 16.7. The Morgan fingerprint density at radius 2 is 1.93 bits per heavy atom. The van der Waals surface area contributed by atoms with Crippen molar-refractivity contribution in [3.05, 3.63) is 53.1 Å². The molecule has 1 amide bonds. The van der Waals surface area contributed by atoms with Gasteiger partial charge in [-0.1, -0.05) is 12.1 Å². The zero-order chi connectivity index (χ0) is 19.3. The summed E-state index contributed by atoms with van der Waals surface area (Å²) in [6.07, 6.45) is 1.58. The van der Waals surface area contributed by atoms with E-state index in [-0.39, 0.29) is 19.3 Å². The molecule has 1 saturated heterocycles. The van der Waals surface area contributed by atoms with Gasteiger partial charge < -0.3 is 14.2 Å². The van der Waals surface area contributed by atoms with Crippen molar-refractivity contribution in [2.24, 2.45) is 5.10 Å². The summed E-state index contributed by atoms with van der Waals surface area (Å²) >= 11 is 3.92. The molecule has 2 aliphatic rings. The quantitative estimate of drug-likeness (QED) is 0.572. The molecule has 6 nitrogen and oxygen atoms in total. The molecule has 2 aromatic rings. The van der Waals surface area contributed by atoms with Gasteiger partial charge in [0.15, 0.2) is 18.1 Å². The monoisotopic (exact) mass is 416 g/mol. The van der Waals surface area contributed by atoms with Crippen LogP contribution in [0, 0.1) is 6.92 Å². The lowest BCUT2D eigenvalue weighted by Gasteiger charge is -2.10. The molecule has 2 aliphatic heterocycles. The number of hydrogen-bond acceptors (Lipinski definition) is 7. The molecule has 0 atom stereocenters. The van der Waals surface area contributed by atoms with E-state index in [1.54, 1.807) is 6.21 Å². The highest BCUT2D eigenvalue weighted by Crippen LogP contribution is 2.45. The van der Waals surface area contributed by atoms with Gasteiger partial charge >= 0.3 is 0 Å². The average Bonchev–Trinajstić information content (AvgIpc) is 3.39. The van der Waals surface area contributed by atoms with Gasteiger partial charge in [0.25, 0.3) is 5.91 Å². The second-order valence-electron chi connectivity index (χ2n) is 6.29. The third-order valence-electron chi connectivity index (χ3n) is 4.30. The van der Waals surface area contributed by atoms with E-state index in [4.69, 9.17) is 14.2 Å². The van der Waals surface area contributed by atoms with E-state index in [0.717, 1.165) is 16.9 Å². The molecule has 1 N–H and O–H groups in total. The first kappa shape index (κ1) is 19.0. The predicted octanol–water partition coefficient (Wildman–Crippen LogP) is 3.73. The van der Waals surface area contributed by atoms with Crippen LogP contribution in [0.15, 0.2) is 41.5 Å². The maximum atomic E-state index is 12.0. The highest BCUT2D eigenvalue weighted by Gasteiger charge is 2.18. The Morgan fingerprint density at radius 1 is 1.21 bits per heavy atom. The molecule has 2 heterocycles. The summed E-state index contributed by atoms with van der Waals surface area (Å²) in [5, 5.41) is 4.00. The molecule has 4 rings (SSSR count). The van der Waals surface area contributed by atoms with E-state index in [2.05, 4.69) is 22.7 Å². The van der Waals surface area contributed by atoms with Gasteiger partial charge in [0.05, 0.1) is 10.8 Å². The standard InChI is InChI=1S/C20H20N2O4S2/c1-13-8-17-18(26-12-25-17)9-15(13)10-21-22-19(23)11-24-16-4-2-14(3-5-16)20-27-6-7-28-20/h2-5,8-10,20H,6-7,11-12H2,1H3,(H,22,23)/b21-10-. The van der Waals surface area contributed by atoms with Crippen molar-refractivity contribution in [1.29, 1.82) is 0 Å². The smallest absolute Gasteiger partial charge is 0.277 e. The van der Waals surface area contributed by atoms with Crippen LogP contribution in [0.5, 0.6) is 17.2 Å². The number of carbonyl (C=O) groups excluding carboxylic acids is 1. The van der Waals surface area contributed by atoms with Crippen LogP contribution >= 0.6 is 23.5 Å². The Balaban J connectivity index is 1.26. The molecule has 0 bridgehead atoms. The number of rotatable bonds is 6. The zero-order valence-electron chi connectivity index (χ0n) is 15.3. The minimum Gasteiger partial charge on any atom is -0.484 e. The number of nitrogens with one attached hydrogen (secondary N) is 1. The van der Waals surface area contributed by atoms with Crippen molar-refractivity contribution in [2.75, 3.05) is 24.9 Å². The molecule has 0 saturated carbocycles. The summed E-state index contributed by atoms with van der Waals surface area (Å²) in [5.41, 5.74) is 5.60. The lowest BCUT2D eigenvalue weighted by Crippen LogP contribution is -2.24. The lowest BCUT2D eigenvalue weighted by molar-refractivity contribution is -0.123. The summed E-state index contributed by atoms with van der Waals surface area (Å²) in [7, 11) is 0. The highest BCUT2D eigenvalue weighted by atomic mass is 32.2. The minimum atomic E-state index is -0.319. The van der Waals surface area contributed by atoms with Crippen molar-refractivity contribution in [3.63, 3.8) is 0 Å². The van der Waals surface area contributed by atoms with Crippen LogP contribution in [0.2, 0.25) is 0 Å². The van der Waals surface area contributed by atoms with Crippen LogP contribution in [0.3, 0.4) is 0 Å². The van der Waals surface area contributed by atoms with Crippen LogP contribution in [0.4, 0.5) is 0 Å².